The van der Waals surface area contributed by atoms with E-state index in [1.54, 1.807) is 35.2 Å². The van der Waals surface area contributed by atoms with Crippen LogP contribution in [-0.4, -0.2) is 29.8 Å². The molecule has 2 aromatic carbocycles. The van der Waals surface area contributed by atoms with E-state index in [-0.39, 0.29) is 11.7 Å². The van der Waals surface area contributed by atoms with Gasteiger partial charge < -0.3 is 10.2 Å². The molecule has 0 aliphatic heterocycles. The maximum atomic E-state index is 13.4. The third kappa shape index (κ3) is 3.96. The Morgan fingerprint density at radius 3 is 2.59 bits per heavy atom. The first-order valence-corrected chi connectivity index (χ1v) is 9.72. The molecule has 1 N–H and O–H groups in total. The van der Waals surface area contributed by atoms with Crippen molar-refractivity contribution >= 4 is 50.5 Å². The number of nitrogens with zero attached hydrogens (tertiary/aromatic N) is 1. The number of hydrogen-bond donors (Lipinski definition) is 1. The zero-order chi connectivity index (χ0) is 19.6. The third-order valence-electron chi connectivity index (χ3n) is 4.22. The molecule has 0 spiro atoms. The van der Waals surface area contributed by atoms with Crippen LogP contribution in [0, 0.1) is 5.82 Å². The lowest BCUT2D eigenvalue weighted by Gasteiger charge is -2.19. The molecule has 3 rings (SSSR count). The van der Waals surface area contributed by atoms with Gasteiger partial charge in [0.15, 0.2) is 0 Å². The molecule has 0 atom stereocenters. The number of benzene rings is 2. The first-order valence-electron chi connectivity index (χ1n) is 8.52. The summed E-state index contributed by atoms with van der Waals surface area (Å²) in [5, 5.41) is 3.70. The molecule has 4 nitrogen and oxygen atoms in total. The maximum absolute atomic E-state index is 13.4. The van der Waals surface area contributed by atoms with E-state index in [1.807, 2.05) is 13.8 Å². The average molecular weight is 405 g/mol. The van der Waals surface area contributed by atoms with Crippen LogP contribution in [0.15, 0.2) is 42.5 Å². The largest absolute Gasteiger partial charge is 0.339 e. The van der Waals surface area contributed by atoms with Crippen LogP contribution in [0.25, 0.3) is 10.1 Å². The second kappa shape index (κ2) is 8.06. The van der Waals surface area contributed by atoms with Gasteiger partial charge >= 0.3 is 0 Å². The summed E-state index contributed by atoms with van der Waals surface area (Å²) in [6.07, 6.45) is 0. The molecule has 0 bridgehead atoms. The lowest BCUT2D eigenvalue weighted by molar-refractivity contribution is 0.0772. The van der Waals surface area contributed by atoms with Gasteiger partial charge in [-0.2, -0.15) is 0 Å². The van der Waals surface area contributed by atoms with Gasteiger partial charge in [-0.1, -0.05) is 17.7 Å². The van der Waals surface area contributed by atoms with E-state index in [0.717, 1.165) is 11.3 Å². The SMILES string of the molecule is CCN(CC)C(=O)c1cccc(NC(=O)c2sc3cc(F)ccc3c2Cl)c1. The number of hydrogen-bond acceptors (Lipinski definition) is 3. The van der Waals surface area contributed by atoms with E-state index in [1.165, 1.54) is 12.1 Å². The Labute approximate surface area is 165 Å². The lowest BCUT2D eigenvalue weighted by atomic mass is 10.1. The molecule has 1 aromatic heterocycles. The number of fused-ring (bicyclic) bond motifs is 1. The van der Waals surface area contributed by atoms with Crippen molar-refractivity contribution in [1.82, 2.24) is 4.90 Å². The predicted octanol–water partition coefficient (Wildman–Crippen LogP) is 5.43. The van der Waals surface area contributed by atoms with E-state index < -0.39 is 5.91 Å². The van der Waals surface area contributed by atoms with Gasteiger partial charge in [0.2, 0.25) is 0 Å². The fraction of sp³-hybridized carbons (Fsp3) is 0.200. The molecule has 140 valence electrons. The summed E-state index contributed by atoms with van der Waals surface area (Å²) in [7, 11) is 0. The number of halogens is 2. The molecular formula is C20H18ClFN2O2S. The molecule has 0 unspecified atom stereocenters. The molecule has 2 amide bonds. The fourth-order valence-corrected chi connectivity index (χ4v) is 4.23. The first kappa shape index (κ1) is 19.3. The molecule has 0 aliphatic rings. The smallest absolute Gasteiger partial charge is 0.267 e. The summed E-state index contributed by atoms with van der Waals surface area (Å²) in [4.78, 5) is 27.1. The minimum absolute atomic E-state index is 0.0912. The van der Waals surface area contributed by atoms with E-state index in [4.69, 9.17) is 11.6 Å². The summed E-state index contributed by atoms with van der Waals surface area (Å²) in [6.45, 7) is 5.05. The van der Waals surface area contributed by atoms with Gasteiger partial charge in [-0.15, -0.1) is 11.3 Å². The van der Waals surface area contributed by atoms with Gasteiger partial charge in [0.1, 0.15) is 10.7 Å². The Balaban J connectivity index is 1.85. The fourth-order valence-electron chi connectivity index (χ4n) is 2.80. The van der Waals surface area contributed by atoms with Crippen molar-refractivity contribution in [1.29, 1.82) is 0 Å². The molecule has 0 fully saturated rings. The van der Waals surface area contributed by atoms with Gasteiger partial charge in [-0.05, 0) is 50.2 Å². The van der Waals surface area contributed by atoms with Gasteiger partial charge in [0.25, 0.3) is 11.8 Å². The van der Waals surface area contributed by atoms with Crippen molar-refractivity contribution in [2.24, 2.45) is 0 Å². The van der Waals surface area contributed by atoms with E-state index in [0.29, 0.717) is 44.3 Å². The normalized spacial score (nSPS) is 10.8. The highest BCUT2D eigenvalue weighted by molar-refractivity contribution is 7.21. The van der Waals surface area contributed by atoms with E-state index in [9.17, 15) is 14.0 Å². The number of thiophene rings is 1. The Morgan fingerprint density at radius 2 is 1.89 bits per heavy atom. The summed E-state index contributed by atoms with van der Waals surface area (Å²) < 4.78 is 14.0. The highest BCUT2D eigenvalue weighted by atomic mass is 35.5. The Bertz CT molecular complexity index is 1010. The van der Waals surface area contributed by atoms with Crippen LogP contribution in [0.2, 0.25) is 5.02 Å². The summed E-state index contributed by atoms with van der Waals surface area (Å²) in [5.41, 5.74) is 0.999. The highest BCUT2D eigenvalue weighted by Gasteiger charge is 2.19. The topological polar surface area (TPSA) is 49.4 Å². The second-order valence-electron chi connectivity index (χ2n) is 5.90. The molecule has 0 saturated heterocycles. The summed E-state index contributed by atoms with van der Waals surface area (Å²) in [6, 6.07) is 11.0. The summed E-state index contributed by atoms with van der Waals surface area (Å²) in [5.74, 6) is -0.865. The highest BCUT2D eigenvalue weighted by Crippen LogP contribution is 2.36. The van der Waals surface area contributed by atoms with Crippen LogP contribution in [0.5, 0.6) is 0 Å². The minimum Gasteiger partial charge on any atom is -0.339 e. The van der Waals surface area contributed by atoms with Crippen LogP contribution in [0.4, 0.5) is 10.1 Å². The average Bonchev–Trinajstić information content (AvgIpc) is 2.98. The van der Waals surface area contributed by atoms with Crippen molar-refractivity contribution in [3.05, 3.63) is 63.7 Å². The Hall–Kier alpha value is -2.44. The van der Waals surface area contributed by atoms with Crippen LogP contribution in [0.3, 0.4) is 0 Å². The standard InChI is InChI=1S/C20H18ClFN2O2S/c1-3-24(4-2)20(26)12-6-5-7-14(10-12)23-19(25)18-17(21)15-9-8-13(22)11-16(15)27-18/h5-11H,3-4H2,1-2H3,(H,23,25). The van der Waals surface area contributed by atoms with Crippen molar-refractivity contribution in [2.45, 2.75) is 13.8 Å². The van der Waals surface area contributed by atoms with Crippen molar-refractivity contribution in [3.63, 3.8) is 0 Å². The number of carbonyl (C=O) groups is 2. The maximum Gasteiger partial charge on any atom is 0.267 e. The zero-order valence-electron chi connectivity index (χ0n) is 14.9. The molecule has 0 aliphatic carbocycles. The van der Waals surface area contributed by atoms with Crippen LogP contribution < -0.4 is 5.32 Å². The monoisotopic (exact) mass is 404 g/mol. The number of carbonyl (C=O) groups excluding carboxylic acids is 2. The van der Waals surface area contributed by atoms with Crippen molar-refractivity contribution in [3.8, 4) is 0 Å². The second-order valence-corrected chi connectivity index (χ2v) is 7.33. The number of anilines is 1. The molecule has 3 aromatic rings. The van der Waals surface area contributed by atoms with Crippen LogP contribution >= 0.6 is 22.9 Å². The van der Waals surface area contributed by atoms with E-state index >= 15 is 0 Å². The van der Waals surface area contributed by atoms with Crippen molar-refractivity contribution < 1.29 is 14.0 Å². The summed E-state index contributed by atoms with van der Waals surface area (Å²) >= 11 is 7.43. The minimum atomic E-state index is -0.394. The molecule has 27 heavy (non-hydrogen) atoms. The number of nitrogens with one attached hydrogen (secondary N) is 1. The predicted molar refractivity (Wildman–Crippen MR) is 108 cm³/mol. The first-order chi connectivity index (χ1) is 12.9. The van der Waals surface area contributed by atoms with Crippen LogP contribution in [0.1, 0.15) is 33.9 Å². The van der Waals surface area contributed by atoms with Gasteiger partial charge in [-0.25, -0.2) is 4.39 Å². The molecule has 0 saturated carbocycles. The molecular weight excluding hydrogens is 387 g/mol. The van der Waals surface area contributed by atoms with Crippen molar-refractivity contribution in [2.75, 3.05) is 18.4 Å². The number of rotatable bonds is 5. The molecule has 0 radical (unpaired) electrons. The number of amides is 2. The lowest BCUT2D eigenvalue weighted by Crippen LogP contribution is -2.30. The van der Waals surface area contributed by atoms with Gasteiger partial charge in [-0.3, -0.25) is 9.59 Å². The quantitative estimate of drug-likeness (QED) is 0.616. The molecule has 1 heterocycles. The Kier molecular flexibility index (Phi) is 5.77. The van der Waals surface area contributed by atoms with Crippen LogP contribution in [-0.2, 0) is 0 Å². The van der Waals surface area contributed by atoms with E-state index in [2.05, 4.69) is 5.32 Å². The van der Waals surface area contributed by atoms with Gasteiger partial charge in [0.05, 0.1) is 5.02 Å². The van der Waals surface area contributed by atoms with Gasteiger partial charge in [0, 0.05) is 34.4 Å². The zero-order valence-corrected chi connectivity index (χ0v) is 16.5. The molecule has 7 heteroatoms. The Morgan fingerprint density at radius 1 is 1.15 bits per heavy atom. The third-order valence-corrected chi connectivity index (χ3v) is 5.87.